The highest BCUT2D eigenvalue weighted by atomic mass is 16.3. The Kier molecular flexibility index (Phi) is 6.79. The molecule has 3 rings (SSSR count). The number of piperidine rings is 1. The molecule has 0 bridgehead atoms. The maximum atomic E-state index is 12.6. The topological polar surface area (TPSA) is 77.5 Å². The highest BCUT2D eigenvalue weighted by Gasteiger charge is 2.17. The van der Waals surface area contributed by atoms with Crippen LogP contribution in [-0.2, 0) is 6.54 Å². The molecular weight excluding hydrogens is 340 g/mol. The highest BCUT2D eigenvalue weighted by Crippen LogP contribution is 2.19. The van der Waals surface area contributed by atoms with Gasteiger partial charge in [0, 0.05) is 49.8 Å². The van der Waals surface area contributed by atoms with E-state index in [-0.39, 0.29) is 12.0 Å². The number of benzene rings is 1. The highest BCUT2D eigenvalue weighted by molar-refractivity contribution is 5.97. The van der Waals surface area contributed by atoms with Gasteiger partial charge in [-0.2, -0.15) is 0 Å². The van der Waals surface area contributed by atoms with E-state index in [1.165, 1.54) is 0 Å². The van der Waals surface area contributed by atoms with Crippen molar-refractivity contribution in [3.8, 4) is 0 Å². The fourth-order valence-electron chi connectivity index (χ4n) is 3.43. The Balaban J connectivity index is 1.53. The molecule has 2 aromatic rings. The first-order valence-corrected chi connectivity index (χ1v) is 9.54. The van der Waals surface area contributed by atoms with Gasteiger partial charge in [0.25, 0.3) is 5.91 Å². The third kappa shape index (κ3) is 5.52. The van der Waals surface area contributed by atoms with Crippen molar-refractivity contribution in [3.05, 3.63) is 59.4 Å². The van der Waals surface area contributed by atoms with Crippen LogP contribution in [0.25, 0.3) is 0 Å². The van der Waals surface area contributed by atoms with Gasteiger partial charge in [0.1, 0.15) is 0 Å². The molecule has 1 aliphatic heterocycles. The van der Waals surface area contributed by atoms with Crippen molar-refractivity contribution in [1.82, 2.24) is 15.2 Å². The Morgan fingerprint density at radius 2 is 2.22 bits per heavy atom. The first kappa shape index (κ1) is 19.3. The summed E-state index contributed by atoms with van der Waals surface area (Å²) in [6.07, 6.45) is 5.24. The van der Waals surface area contributed by atoms with Crippen molar-refractivity contribution >= 4 is 11.6 Å². The smallest absolute Gasteiger partial charge is 0.251 e. The number of aliphatic hydroxyl groups is 1. The Hall–Kier alpha value is -2.44. The number of nitrogens with one attached hydrogen (secondary N) is 2. The Labute approximate surface area is 160 Å². The predicted molar refractivity (Wildman–Crippen MR) is 107 cm³/mol. The predicted octanol–water partition coefficient (Wildman–Crippen LogP) is 2.19. The zero-order valence-corrected chi connectivity index (χ0v) is 15.8. The molecule has 0 saturated carbocycles. The Morgan fingerprint density at radius 1 is 1.33 bits per heavy atom. The number of nitrogens with zero attached hydrogens (tertiary/aromatic N) is 2. The summed E-state index contributed by atoms with van der Waals surface area (Å²) in [5, 5.41) is 16.1. The van der Waals surface area contributed by atoms with E-state index in [1.807, 2.05) is 43.5 Å². The summed E-state index contributed by atoms with van der Waals surface area (Å²) < 4.78 is 0. The van der Waals surface area contributed by atoms with Gasteiger partial charge in [0.05, 0.1) is 6.10 Å². The summed E-state index contributed by atoms with van der Waals surface area (Å²) in [6, 6.07) is 9.66. The SMILES string of the molecule is Cc1c(NCc2cccnc2)cccc1C(=O)NCCN1CCC[C@H](O)C1. The third-order valence-electron chi connectivity index (χ3n) is 4.98. The van der Waals surface area contributed by atoms with E-state index in [2.05, 4.69) is 20.5 Å². The van der Waals surface area contributed by atoms with Crippen LogP contribution in [0.1, 0.15) is 34.3 Å². The molecule has 144 valence electrons. The van der Waals surface area contributed by atoms with Crippen LogP contribution < -0.4 is 10.6 Å². The molecule has 2 heterocycles. The molecule has 6 heteroatoms. The quantitative estimate of drug-likeness (QED) is 0.698. The van der Waals surface area contributed by atoms with Crippen LogP contribution in [0.15, 0.2) is 42.7 Å². The lowest BCUT2D eigenvalue weighted by Gasteiger charge is -2.29. The summed E-state index contributed by atoms with van der Waals surface area (Å²) in [5.74, 6) is -0.0601. The van der Waals surface area contributed by atoms with Crippen LogP contribution in [0.4, 0.5) is 5.69 Å². The number of hydrogen-bond donors (Lipinski definition) is 3. The van der Waals surface area contributed by atoms with Crippen molar-refractivity contribution in [2.24, 2.45) is 0 Å². The van der Waals surface area contributed by atoms with Crippen LogP contribution in [0.2, 0.25) is 0 Å². The van der Waals surface area contributed by atoms with E-state index >= 15 is 0 Å². The van der Waals surface area contributed by atoms with Crippen LogP contribution in [-0.4, -0.2) is 53.2 Å². The number of carbonyl (C=O) groups excluding carboxylic acids is 1. The summed E-state index contributed by atoms with van der Waals surface area (Å²) in [6.45, 7) is 5.65. The molecule has 1 amide bonds. The minimum atomic E-state index is -0.237. The minimum absolute atomic E-state index is 0.0601. The monoisotopic (exact) mass is 368 g/mol. The fraction of sp³-hybridized carbons (Fsp3) is 0.429. The molecule has 1 atom stereocenters. The maximum Gasteiger partial charge on any atom is 0.251 e. The second-order valence-electron chi connectivity index (χ2n) is 7.05. The number of rotatable bonds is 7. The van der Waals surface area contributed by atoms with Crippen molar-refractivity contribution in [2.75, 3.05) is 31.5 Å². The van der Waals surface area contributed by atoms with Crippen molar-refractivity contribution in [3.63, 3.8) is 0 Å². The zero-order chi connectivity index (χ0) is 19.1. The number of aromatic nitrogens is 1. The fourth-order valence-corrected chi connectivity index (χ4v) is 3.43. The van der Waals surface area contributed by atoms with Gasteiger partial charge in [0.15, 0.2) is 0 Å². The second-order valence-corrected chi connectivity index (χ2v) is 7.05. The lowest BCUT2D eigenvalue weighted by Crippen LogP contribution is -2.42. The van der Waals surface area contributed by atoms with Crippen LogP contribution >= 0.6 is 0 Å². The number of amides is 1. The number of aliphatic hydroxyl groups excluding tert-OH is 1. The molecule has 0 aliphatic carbocycles. The normalized spacial score (nSPS) is 17.5. The molecule has 1 aliphatic rings. The van der Waals surface area contributed by atoms with E-state index < -0.39 is 0 Å². The van der Waals surface area contributed by atoms with E-state index in [0.29, 0.717) is 25.2 Å². The van der Waals surface area contributed by atoms with Gasteiger partial charge in [-0.25, -0.2) is 0 Å². The molecule has 6 nitrogen and oxygen atoms in total. The summed E-state index contributed by atoms with van der Waals surface area (Å²) >= 11 is 0. The van der Waals surface area contributed by atoms with Crippen molar-refractivity contribution in [1.29, 1.82) is 0 Å². The summed E-state index contributed by atoms with van der Waals surface area (Å²) in [4.78, 5) is 18.9. The largest absolute Gasteiger partial charge is 0.392 e. The van der Waals surface area contributed by atoms with Gasteiger partial charge in [-0.15, -0.1) is 0 Å². The van der Waals surface area contributed by atoms with E-state index in [9.17, 15) is 9.90 Å². The summed E-state index contributed by atoms with van der Waals surface area (Å²) in [5.41, 5.74) is 3.67. The van der Waals surface area contributed by atoms with Crippen LogP contribution in [0.5, 0.6) is 0 Å². The molecule has 3 N–H and O–H groups in total. The average Bonchev–Trinajstić information content (AvgIpc) is 2.68. The van der Waals surface area contributed by atoms with Gasteiger partial charge in [-0.05, 0) is 55.6 Å². The maximum absolute atomic E-state index is 12.6. The van der Waals surface area contributed by atoms with Crippen LogP contribution in [0.3, 0.4) is 0 Å². The van der Waals surface area contributed by atoms with Gasteiger partial charge in [0.2, 0.25) is 0 Å². The van der Waals surface area contributed by atoms with Crippen LogP contribution in [0, 0.1) is 6.92 Å². The minimum Gasteiger partial charge on any atom is -0.392 e. The number of β-amino-alcohol motifs (C(OH)–C–C–N with tert-alkyl or cyclic N) is 1. The molecule has 27 heavy (non-hydrogen) atoms. The number of hydrogen-bond acceptors (Lipinski definition) is 5. The third-order valence-corrected chi connectivity index (χ3v) is 4.98. The molecule has 1 aromatic carbocycles. The van der Waals surface area contributed by atoms with E-state index in [4.69, 9.17) is 0 Å². The molecule has 1 fully saturated rings. The molecule has 1 saturated heterocycles. The average molecular weight is 368 g/mol. The van der Waals surface area contributed by atoms with Gasteiger partial charge >= 0.3 is 0 Å². The lowest BCUT2D eigenvalue weighted by molar-refractivity contribution is 0.0703. The molecule has 0 unspecified atom stereocenters. The van der Waals surface area contributed by atoms with Gasteiger partial charge in [-0.1, -0.05) is 12.1 Å². The first-order chi connectivity index (χ1) is 13.1. The number of carbonyl (C=O) groups is 1. The lowest BCUT2D eigenvalue weighted by atomic mass is 10.1. The first-order valence-electron chi connectivity index (χ1n) is 9.54. The number of pyridine rings is 1. The van der Waals surface area contributed by atoms with Gasteiger partial charge < -0.3 is 15.7 Å². The standard InChI is InChI=1S/C21H28N4O2/c1-16-19(21(27)23-10-12-25-11-4-6-18(26)15-25)7-2-8-20(16)24-14-17-5-3-9-22-13-17/h2-3,5,7-9,13,18,24,26H,4,6,10-12,14-15H2,1H3,(H,23,27)/t18-/m0/s1. The number of anilines is 1. The van der Waals surface area contributed by atoms with Gasteiger partial charge in [-0.3, -0.25) is 14.7 Å². The van der Waals surface area contributed by atoms with Crippen molar-refractivity contribution in [2.45, 2.75) is 32.4 Å². The zero-order valence-electron chi connectivity index (χ0n) is 15.8. The molecule has 0 spiro atoms. The Bertz CT molecular complexity index is 751. The second kappa shape index (κ2) is 9.48. The summed E-state index contributed by atoms with van der Waals surface area (Å²) in [7, 11) is 0. The van der Waals surface area contributed by atoms with Crippen molar-refractivity contribution < 1.29 is 9.90 Å². The molecule has 0 radical (unpaired) electrons. The molecule has 1 aromatic heterocycles. The Morgan fingerprint density at radius 3 is 3.00 bits per heavy atom. The van der Waals surface area contributed by atoms with E-state index in [1.54, 1.807) is 6.20 Å². The molecular formula is C21H28N4O2. The van der Waals surface area contributed by atoms with E-state index in [0.717, 1.165) is 42.7 Å². The number of likely N-dealkylation sites (tertiary alicyclic amines) is 1.